The summed E-state index contributed by atoms with van der Waals surface area (Å²) in [5.41, 5.74) is 3.75. The van der Waals surface area contributed by atoms with Gasteiger partial charge in [0.2, 0.25) is 10.0 Å². The quantitative estimate of drug-likeness (QED) is 0.387. The average molecular weight is 514 g/mol. The predicted octanol–water partition coefficient (Wildman–Crippen LogP) is 2.69. The number of aliphatic imine (C=N–C) groups is 1. The van der Waals surface area contributed by atoms with Gasteiger partial charge in [-0.3, -0.25) is 4.99 Å². The molecule has 1 N–H and O–H groups in total. The van der Waals surface area contributed by atoms with Crippen molar-refractivity contribution in [3.8, 4) is 0 Å². The summed E-state index contributed by atoms with van der Waals surface area (Å²) in [4.78, 5) is 6.95. The Hall–Kier alpha value is -1.65. The lowest BCUT2D eigenvalue weighted by Gasteiger charge is -2.31. The predicted molar refractivity (Wildman–Crippen MR) is 123 cm³/mol. The number of guanidine groups is 1. The Balaban J connectivity index is 0.00000280. The van der Waals surface area contributed by atoms with Crippen LogP contribution in [0.15, 0.2) is 58.4 Å². The molecule has 0 amide bonds. The lowest BCUT2D eigenvalue weighted by molar-refractivity contribution is 0.378. The number of halogens is 1. The van der Waals surface area contributed by atoms with E-state index in [4.69, 9.17) is 0 Å². The van der Waals surface area contributed by atoms with Crippen molar-refractivity contribution in [2.75, 3.05) is 27.7 Å². The SMILES string of the molecule is CN=C(NCc1ccc(S(=O)(=O)N(C)C)cc1)N1CCc2ccccc2C1.I. The molecule has 0 aromatic heterocycles. The number of fused-ring (bicyclic) bond motifs is 1. The topological polar surface area (TPSA) is 65.0 Å². The Morgan fingerprint density at radius 2 is 1.75 bits per heavy atom. The second kappa shape index (κ2) is 9.71. The Morgan fingerprint density at radius 3 is 2.36 bits per heavy atom. The van der Waals surface area contributed by atoms with Crippen LogP contribution in [0, 0.1) is 0 Å². The zero-order valence-corrected chi connectivity index (χ0v) is 19.6. The maximum atomic E-state index is 12.1. The lowest BCUT2D eigenvalue weighted by Crippen LogP contribution is -2.43. The van der Waals surface area contributed by atoms with Gasteiger partial charge in [-0.2, -0.15) is 0 Å². The fourth-order valence-electron chi connectivity index (χ4n) is 3.18. The van der Waals surface area contributed by atoms with Crippen molar-refractivity contribution in [1.82, 2.24) is 14.5 Å². The Labute approximate surface area is 184 Å². The third-order valence-electron chi connectivity index (χ3n) is 4.79. The lowest BCUT2D eigenvalue weighted by atomic mass is 10.0. The second-order valence-corrected chi connectivity index (χ2v) is 8.92. The van der Waals surface area contributed by atoms with Crippen LogP contribution in [0.5, 0.6) is 0 Å². The fraction of sp³-hybridized carbons (Fsp3) is 0.350. The minimum Gasteiger partial charge on any atom is -0.352 e. The highest BCUT2D eigenvalue weighted by Crippen LogP contribution is 2.19. The van der Waals surface area contributed by atoms with Crippen molar-refractivity contribution in [3.05, 3.63) is 65.2 Å². The van der Waals surface area contributed by atoms with E-state index in [1.54, 1.807) is 19.2 Å². The molecule has 1 heterocycles. The van der Waals surface area contributed by atoms with Crippen LogP contribution < -0.4 is 5.32 Å². The summed E-state index contributed by atoms with van der Waals surface area (Å²) in [6, 6.07) is 15.5. The smallest absolute Gasteiger partial charge is 0.242 e. The number of benzene rings is 2. The van der Waals surface area contributed by atoms with Gasteiger partial charge in [-0.15, -0.1) is 24.0 Å². The van der Waals surface area contributed by atoms with Crippen molar-refractivity contribution in [3.63, 3.8) is 0 Å². The molecule has 0 aliphatic carbocycles. The average Bonchev–Trinajstić information content (AvgIpc) is 2.68. The van der Waals surface area contributed by atoms with E-state index in [0.29, 0.717) is 11.4 Å². The summed E-state index contributed by atoms with van der Waals surface area (Å²) in [6.45, 7) is 2.36. The molecule has 8 heteroatoms. The van der Waals surface area contributed by atoms with E-state index in [1.165, 1.54) is 29.5 Å². The van der Waals surface area contributed by atoms with Crippen molar-refractivity contribution >= 4 is 40.0 Å². The van der Waals surface area contributed by atoms with Crippen LogP contribution in [-0.2, 0) is 29.5 Å². The van der Waals surface area contributed by atoms with Crippen molar-refractivity contribution in [2.24, 2.45) is 4.99 Å². The van der Waals surface area contributed by atoms with Crippen molar-refractivity contribution in [1.29, 1.82) is 0 Å². The zero-order valence-electron chi connectivity index (χ0n) is 16.4. The molecule has 0 bridgehead atoms. The van der Waals surface area contributed by atoms with Crippen molar-refractivity contribution < 1.29 is 8.42 Å². The van der Waals surface area contributed by atoms with Crippen LogP contribution in [0.2, 0.25) is 0 Å². The van der Waals surface area contributed by atoms with Gasteiger partial charge in [0, 0.05) is 40.8 Å². The highest BCUT2D eigenvalue weighted by Gasteiger charge is 2.19. The Morgan fingerprint density at radius 1 is 1.11 bits per heavy atom. The molecule has 28 heavy (non-hydrogen) atoms. The van der Waals surface area contributed by atoms with Gasteiger partial charge < -0.3 is 10.2 Å². The highest BCUT2D eigenvalue weighted by atomic mass is 127. The first-order valence-corrected chi connectivity index (χ1v) is 10.4. The molecule has 0 unspecified atom stereocenters. The molecular weight excluding hydrogens is 487 g/mol. The van der Waals surface area contributed by atoms with Gasteiger partial charge in [0.05, 0.1) is 4.90 Å². The number of hydrogen-bond donors (Lipinski definition) is 1. The highest BCUT2D eigenvalue weighted by molar-refractivity contribution is 14.0. The summed E-state index contributed by atoms with van der Waals surface area (Å²) in [5, 5.41) is 3.38. The van der Waals surface area contributed by atoms with Gasteiger partial charge >= 0.3 is 0 Å². The molecule has 152 valence electrons. The van der Waals surface area contributed by atoms with Gasteiger partial charge in [-0.05, 0) is 35.2 Å². The molecule has 0 saturated carbocycles. The van der Waals surface area contributed by atoms with Gasteiger partial charge in [0.1, 0.15) is 0 Å². The van der Waals surface area contributed by atoms with Crippen LogP contribution in [0.3, 0.4) is 0 Å². The van der Waals surface area contributed by atoms with Gasteiger partial charge in [-0.1, -0.05) is 36.4 Å². The molecule has 0 fully saturated rings. The Kier molecular flexibility index (Phi) is 7.85. The summed E-state index contributed by atoms with van der Waals surface area (Å²) < 4.78 is 25.5. The normalized spacial score (nSPS) is 14.4. The molecule has 2 aromatic carbocycles. The molecule has 0 spiro atoms. The number of hydrogen-bond acceptors (Lipinski definition) is 3. The maximum Gasteiger partial charge on any atom is 0.242 e. The first-order chi connectivity index (χ1) is 12.9. The van der Waals surface area contributed by atoms with Gasteiger partial charge in [-0.25, -0.2) is 12.7 Å². The van der Waals surface area contributed by atoms with E-state index in [2.05, 4.69) is 39.5 Å². The second-order valence-electron chi connectivity index (χ2n) is 6.77. The molecule has 3 rings (SSSR count). The minimum atomic E-state index is -3.39. The van der Waals surface area contributed by atoms with Gasteiger partial charge in [0.15, 0.2) is 5.96 Å². The van der Waals surface area contributed by atoms with E-state index in [-0.39, 0.29) is 24.0 Å². The van der Waals surface area contributed by atoms with E-state index < -0.39 is 10.0 Å². The largest absolute Gasteiger partial charge is 0.352 e. The summed E-state index contributed by atoms with van der Waals surface area (Å²) in [6.07, 6.45) is 1.01. The molecule has 6 nitrogen and oxygen atoms in total. The van der Waals surface area contributed by atoms with E-state index in [1.807, 2.05) is 12.1 Å². The zero-order chi connectivity index (χ0) is 19.4. The summed E-state index contributed by atoms with van der Waals surface area (Å²) in [7, 11) is 1.46. The van der Waals surface area contributed by atoms with Crippen molar-refractivity contribution in [2.45, 2.75) is 24.4 Å². The number of nitrogens with one attached hydrogen (secondary N) is 1. The van der Waals surface area contributed by atoms with E-state index in [9.17, 15) is 8.42 Å². The molecule has 0 saturated heterocycles. The van der Waals surface area contributed by atoms with Crippen LogP contribution in [0.25, 0.3) is 0 Å². The first-order valence-electron chi connectivity index (χ1n) is 8.95. The molecule has 2 aromatic rings. The summed E-state index contributed by atoms with van der Waals surface area (Å²) in [5.74, 6) is 0.856. The Bertz CT molecular complexity index is 927. The van der Waals surface area contributed by atoms with Crippen LogP contribution in [-0.4, -0.2) is 51.3 Å². The number of sulfonamides is 1. The maximum absolute atomic E-state index is 12.1. The van der Waals surface area contributed by atoms with Crippen LogP contribution in [0.4, 0.5) is 0 Å². The molecule has 1 aliphatic heterocycles. The standard InChI is InChI=1S/C20H26N4O2S.HI/c1-21-20(24-13-12-17-6-4-5-7-18(17)15-24)22-14-16-8-10-19(11-9-16)27(25,26)23(2)3;/h4-11H,12-15H2,1-3H3,(H,21,22);1H. The summed E-state index contributed by atoms with van der Waals surface area (Å²) >= 11 is 0. The van der Waals surface area contributed by atoms with E-state index in [0.717, 1.165) is 31.0 Å². The first kappa shape index (κ1) is 22.6. The third-order valence-corrected chi connectivity index (χ3v) is 6.62. The molecule has 0 atom stereocenters. The number of nitrogens with zero attached hydrogens (tertiary/aromatic N) is 3. The number of rotatable bonds is 4. The van der Waals surface area contributed by atoms with E-state index >= 15 is 0 Å². The molecular formula is C20H27IN4O2S. The fourth-order valence-corrected chi connectivity index (χ4v) is 4.08. The van der Waals surface area contributed by atoms with Crippen LogP contribution >= 0.6 is 24.0 Å². The monoisotopic (exact) mass is 514 g/mol. The molecule has 0 radical (unpaired) electrons. The third kappa shape index (κ3) is 5.03. The van der Waals surface area contributed by atoms with Crippen LogP contribution in [0.1, 0.15) is 16.7 Å². The molecule has 1 aliphatic rings. The van der Waals surface area contributed by atoms with Gasteiger partial charge in [0.25, 0.3) is 0 Å². The minimum absolute atomic E-state index is 0.